The third kappa shape index (κ3) is 9.52. The van der Waals surface area contributed by atoms with Crippen LogP contribution in [0.25, 0.3) is 0 Å². The number of allylic oxidation sites excluding steroid dienone is 1. The summed E-state index contributed by atoms with van der Waals surface area (Å²) in [4.78, 5) is 41.2. The molecule has 9 nitrogen and oxygen atoms in total. The number of nitrogens with zero attached hydrogens (tertiary/aromatic N) is 3. The van der Waals surface area contributed by atoms with Crippen molar-refractivity contribution >= 4 is 23.4 Å². The lowest BCUT2D eigenvalue weighted by Gasteiger charge is -2.33. The minimum Gasteiger partial charge on any atom is -0.490 e. The van der Waals surface area contributed by atoms with Gasteiger partial charge >= 0.3 is 0 Å². The molecule has 1 aliphatic rings. The zero-order valence-electron chi connectivity index (χ0n) is 27.3. The summed E-state index contributed by atoms with van der Waals surface area (Å²) in [7, 11) is 0. The van der Waals surface area contributed by atoms with E-state index < -0.39 is 17.6 Å². The number of aromatic nitrogens is 2. The first kappa shape index (κ1) is 34.4. The predicted octanol–water partition coefficient (Wildman–Crippen LogP) is 6.68. The number of carbonyl (C=O) groups is 3. The summed E-state index contributed by atoms with van der Waals surface area (Å²) in [6.07, 6.45) is 7.47. The molecule has 0 aliphatic carbocycles. The zero-order chi connectivity index (χ0) is 33.1. The third-order valence-electron chi connectivity index (χ3n) is 8.58. The number of nitrogens with one attached hydrogen (secondary N) is 2. The standard InChI is InChI=1S/C36H46FN5O4/c1-5-25(3)11-10-14-32(40-36(45)33-17-20-38-42(33)6-2)35(44)39-31-16-15-27(24-30(31)37)26(4)23-34(43)41-21-18-29(19-22-41)46-28-12-8-7-9-13-28/h7-9,12-17,20,24-26,29H,5-6,10-11,18-19,21-23H2,1-4H3,(H,39,44)(H,40,45)/b32-14-. The van der Waals surface area contributed by atoms with Crippen LogP contribution in [0.4, 0.5) is 10.1 Å². The minimum atomic E-state index is -0.616. The van der Waals surface area contributed by atoms with E-state index in [2.05, 4.69) is 29.6 Å². The fraction of sp³-hybridized carbons (Fsp3) is 0.444. The Morgan fingerprint density at radius 1 is 1.07 bits per heavy atom. The topological polar surface area (TPSA) is 106 Å². The summed E-state index contributed by atoms with van der Waals surface area (Å²) in [5, 5.41) is 9.44. The molecule has 3 aromatic rings. The van der Waals surface area contributed by atoms with Crippen LogP contribution in [0.15, 0.2) is 72.6 Å². The molecule has 2 unspecified atom stereocenters. The normalized spacial score (nSPS) is 15.2. The lowest BCUT2D eigenvalue weighted by atomic mass is 9.96. The van der Waals surface area contributed by atoms with Gasteiger partial charge in [0.1, 0.15) is 29.1 Å². The number of rotatable bonds is 14. The Balaban J connectivity index is 1.35. The number of benzene rings is 2. The molecule has 2 atom stereocenters. The Morgan fingerprint density at radius 3 is 2.48 bits per heavy atom. The van der Waals surface area contributed by atoms with Crippen molar-refractivity contribution < 1.29 is 23.5 Å². The minimum absolute atomic E-state index is 0.00607. The summed E-state index contributed by atoms with van der Waals surface area (Å²) in [5.41, 5.74) is 1.04. The number of piperidine rings is 1. The number of carbonyl (C=O) groups excluding carboxylic acids is 3. The molecule has 1 aliphatic heterocycles. The molecule has 0 bridgehead atoms. The van der Waals surface area contributed by atoms with Crippen LogP contribution in [-0.2, 0) is 16.1 Å². The number of amides is 3. The molecule has 0 spiro atoms. The van der Waals surface area contributed by atoms with E-state index in [0.717, 1.165) is 31.4 Å². The number of aryl methyl sites for hydroxylation is 1. The molecule has 4 rings (SSSR count). The van der Waals surface area contributed by atoms with Crippen molar-refractivity contribution in [2.45, 2.75) is 84.8 Å². The van der Waals surface area contributed by atoms with Gasteiger partial charge in [0.05, 0.1) is 5.69 Å². The maximum absolute atomic E-state index is 15.3. The molecule has 1 saturated heterocycles. The van der Waals surface area contributed by atoms with E-state index in [0.29, 0.717) is 43.2 Å². The van der Waals surface area contributed by atoms with E-state index in [9.17, 15) is 14.4 Å². The Kier molecular flexibility index (Phi) is 12.5. The van der Waals surface area contributed by atoms with Gasteiger partial charge in [0.25, 0.3) is 11.8 Å². The van der Waals surface area contributed by atoms with Crippen LogP contribution in [0.3, 0.4) is 0 Å². The monoisotopic (exact) mass is 631 g/mol. The summed E-state index contributed by atoms with van der Waals surface area (Å²) >= 11 is 0. The highest BCUT2D eigenvalue weighted by Gasteiger charge is 2.26. The molecule has 0 saturated carbocycles. The van der Waals surface area contributed by atoms with Crippen molar-refractivity contribution in [1.29, 1.82) is 0 Å². The van der Waals surface area contributed by atoms with Crippen molar-refractivity contribution in [2.24, 2.45) is 5.92 Å². The second-order valence-corrected chi connectivity index (χ2v) is 12.0. The van der Waals surface area contributed by atoms with Gasteiger partial charge in [-0.1, -0.05) is 57.5 Å². The van der Waals surface area contributed by atoms with E-state index in [1.165, 1.54) is 23.0 Å². The van der Waals surface area contributed by atoms with Gasteiger partial charge < -0.3 is 20.3 Å². The second kappa shape index (κ2) is 16.7. The number of likely N-dealkylation sites (tertiary alicyclic amines) is 1. The average Bonchev–Trinajstić information content (AvgIpc) is 3.55. The molecule has 2 N–H and O–H groups in total. The highest BCUT2D eigenvalue weighted by molar-refractivity contribution is 6.07. The highest BCUT2D eigenvalue weighted by atomic mass is 19.1. The molecule has 2 aromatic carbocycles. The van der Waals surface area contributed by atoms with Gasteiger partial charge in [0.15, 0.2) is 0 Å². The fourth-order valence-electron chi connectivity index (χ4n) is 5.43. The van der Waals surface area contributed by atoms with Crippen molar-refractivity contribution in [3.63, 3.8) is 0 Å². The van der Waals surface area contributed by atoms with Crippen LogP contribution in [-0.4, -0.2) is 51.6 Å². The summed E-state index contributed by atoms with van der Waals surface area (Å²) in [6.45, 7) is 9.73. The van der Waals surface area contributed by atoms with Gasteiger partial charge in [0, 0.05) is 45.1 Å². The molecule has 1 aromatic heterocycles. The van der Waals surface area contributed by atoms with Gasteiger partial charge in [-0.15, -0.1) is 0 Å². The first-order chi connectivity index (χ1) is 22.2. The first-order valence-corrected chi connectivity index (χ1v) is 16.3. The smallest absolute Gasteiger partial charge is 0.274 e. The Bertz CT molecular complexity index is 1500. The van der Waals surface area contributed by atoms with E-state index >= 15 is 4.39 Å². The van der Waals surface area contributed by atoms with Gasteiger partial charge in [-0.05, 0) is 67.5 Å². The summed E-state index contributed by atoms with van der Waals surface area (Å²) in [5.74, 6) is -0.600. The SMILES string of the molecule is CCC(C)CC/C=C(\NC(=O)c1ccnn1CC)C(=O)Nc1ccc(C(C)CC(=O)N2CCC(Oc3ccccc3)CC2)cc1F. The molecule has 2 heterocycles. The zero-order valence-corrected chi connectivity index (χ0v) is 27.3. The number of ether oxygens (including phenoxy) is 1. The van der Waals surface area contributed by atoms with Crippen LogP contribution in [0.2, 0.25) is 0 Å². The summed E-state index contributed by atoms with van der Waals surface area (Å²) in [6, 6.07) is 15.9. The van der Waals surface area contributed by atoms with Crippen molar-refractivity contribution in [1.82, 2.24) is 20.0 Å². The van der Waals surface area contributed by atoms with Gasteiger partial charge in [-0.25, -0.2) is 4.39 Å². The quantitative estimate of drug-likeness (QED) is 0.193. The van der Waals surface area contributed by atoms with Crippen LogP contribution in [0.5, 0.6) is 5.75 Å². The highest BCUT2D eigenvalue weighted by Crippen LogP contribution is 2.26. The number of hydrogen-bond acceptors (Lipinski definition) is 5. The predicted molar refractivity (Wildman–Crippen MR) is 177 cm³/mol. The van der Waals surface area contributed by atoms with E-state index in [1.807, 2.05) is 49.1 Å². The molecular weight excluding hydrogens is 585 g/mol. The van der Waals surface area contributed by atoms with E-state index in [4.69, 9.17) is 4.74 Å². The Morgan fingerprint density at radius 2 is 1.80 bits per heavy atom. The lowest BCUT2D eigenvalue weighted by Crippen LogP contribution is -2.42. The van der Waals surface area contributed by atoms with E-state index in [1.54, 1.807) is 18.2 Å². The molecule has 246 valence electrons. The molecule has 0 radical (unpaired) electrons. The number of anilines is 1. The van der Waals surface area contributed by atoms with Crippen LogP contribution >= 0.6 is 0 Å². The number of halogens is 1. The van der Waals surface area contributed by atoms with Crippen LogP contribution in [0.1, 0.15) is 88.2 Å². The largest absolute Gasteiger partial charge is 0.490 e. The Labute approximate surface area is 271 Å². The van der Waals surface area contributed by atoms with E-state index in [-0.39, 0.29) is 35.7 Å². The maximum atomic E-state index is 15.3. The van der Waals surface area contributed by atoms with Crippen molar-refractivity contribution in [3.8, 4) is 5.75 Å². The molecule has 46 heavy (non-hydrogen) atoms. The molecule has 1 fully saturated rings. The van der Waals surface area contributed by atoms with Crippen LogP contribution < -0.4 is 15.4 Å². The molecule has 3 amide bonds. The molecule has 10 heteroatoms. The maximum Gasteiger partial charge on any atom is 0.274 e. The van der Waals surface area contributed by atoms with Crippen LogP contribution in [0, 0.1) is 11.7 Å². The number of para-hydroxylation sites is 1. The second-order valence-electron chi connectivity index (χ2n) is 12.0. The first-order valence-electron chi connectivity index (χ1n) is 16.3. The van der Waals surface area contributed by atoms with Gasteiger partial charge in [-0.3, -0.25) is 19.1 Å². The number of hydrogen-bond donors (Lipinski definition) is 2. The van der Waals surface area contributed by atoms with Gasteiger partial charge in [-0.2, -0.15) is 5.10 Å². The summed E-state index contributed by atoms with van der Waals surface area (Å²) < 4.78 is 22.9. The fourth-order valence-corrected chi connectivity index (χ4v) is 5.43. The van der Waals surface area contributed by atoms with Crippen molar-refractivity contribution in [2.75, 3.05) is 18.4 Å². The third-order valence-corrected chi connectivity index (χ3v) is 8.58. The Hall–Kier alpha value is -4.47. The molecular formula is C36H46FN5O4. The average molecular weight is 632 g/mol. The lowest BCUT2D eigenvalue weighted by molar-refractivity contribution is -0.133. The van der Waals surface area contributed by atoms with Gasteiger partial charge in [0.2, 0.25) is 5.91 Å². The van der Waals surface area contributed by atoms with Crippen molar-refractivity contribution in [3.05, 3.63) is 89.6 Å².